The van der Waals surface area contributed by atoms with Gasteiger partial charge in [0.25, 0.3) is 0 Å². The second-order valence-electron chi connectivity index (χ2n) is 5.84. The summed E-state index contributed by atoms with van der Waals surface area (Å²) < 4.78 is 31.8. The van der Waals surface area contributed by atoms with Gasteiger partial charge in [0.05, 0.1) is 15.9 Å². The first-order valence-electron chi connectivity index (χ1n) is 8.24. The molecule has 4 rings (SSSR count). The van der Waals surface area contributed by atoms with Crippen molar-refractivity contribution in [2.24, 2.45) is 5.10 Å². The lowest BCUT2D eigenvalue weighted by molar-refractivity contribution is -0.0489. The van der Waals surface area contributed by atoms with E-state index in [1.807, 2.05) is 42.5 Å². The van der Waals surface area contributed by atoms with Crippen LogP contribution in [0.25, 0.3) is 21.0 Å². The average molecular weight is 383 g/mol. The number of alkyl halides is 2. The lowest BCUT2D eigenvalue weighted by atomic mass is 10.0. The van der Waals surface area contributed by atoms with Gasteiger partial charge in [-0.05, 0) is 30.5 Å². The number of hydrazone groups is 1. The maximum atomic E-state index is 13.0. The number of rotatable bonds is 5. The Labute approximate surface area is 158 Å². The normalized spacial score (nSPS) is 12.1. The second-order valence-corrected chi connectivity index (χ2v) is 6.87. The number of anilines is 1. The van der Waals surface area contributed by atoms with E-state index < -0.39 is 6.61 Å². The van der Waals surface area contributed by atoms with Gasteiger partial charge in [0.2, 0.25) is 5.13 Å². The van der Waals surface area contributed by atoms with Gasteiger partial charge in [-0.1, -0.05) is 53.8 Å². The maximum absolute atomic E-state index is 13.0. The molecule has 4 nitrogen and oxygen atoms in total. The molecule has 1 aromatic heterocycles. The van der Waals surface area contributed by atoms with Crippen molar-refractivity contribution in [2.75, 3.05) is 5.43 Å². The van der Waals surface area contributed by atoms with Crippen molar-refractivity contribution in [2.45, 2.75) is 13.5 Å². The number of fused-ring (bicyclic) bond motifs is 2. The van der Waals surface area contributed by atoms with Crippen LogP contribution in [0.1, 0.15) is 12.5 Å². The van der Waals surface area contributed by atoms with E-state index in [4.69, 9.17) is 4.74 Å². The molecular weight excluding hydrogens is 368 g/mol. The number of nitrogens with one attached hydrogen (secondary N) is 1. The van der Waals surface area contributed by atoms with Crippen molar-refractivity contribution in [1.29, 1.82) is 0 Å². The predicted octanol–water partition coefficient (Wildman–Crippen LogP) is 5.89. The number of para-hydroxylation sites is 1. The van der Waals surface area contributed by atoms with Gasteiger partial charge in [-0.15, -0.1) is 0 Å². The molecule has 0 saturated carbocycles. The number of aromatic nitrogens is 1. The summed E-state index contributed by atoms with van der Waals surface area (Å²) in [6, 6.07) is 18.6. The lowest BCUT2D eigenvalue weighted by Gasteiger charge is -2.13. The highest BCUT2D eigenvalue weighted by Crippen LogP contribution is 2.32. The van der Waals surface area contributed by atoms with Crippen LogP contribution in [0, 0.1) is 0 Å². The average Bonchev–Trinajstić information content (AvgIpc) is 3.09. The number of ether oxygens (including phenoxy) is 1. The minimum atomic E-state index is -2.92. The Bertz CT molecular complexity index is 1110. The molecule has 0 bridgehead atoms. The molecule has 0 aliphatic rings. The molecule has 0 spiro atoms. The van der Waals surface area contributed by atoms with Gasteiger partial charge in [0, 0.05) is 10.9 Å². The fraction of sp³-hybridized carbons (Fsp3) is 0.100. The molecule has 7 heteroatoms. The largest absolute Gasteiger partial charge is 0.433 e. The van der Waals surface area contributed by atoms with E-state index in [9.17, 15) is 8.78 Å². The molecule has 1 N–H and O–H groups in total. The monoisotopic (exact) mass is 383 g/mol. The number of hydrogen-bond donors (Lipinski definition) is 1. The smallest absolute Gasteiger partial charge is 0.387 e. The van der Waals surface area contributed by atoms with Crippen LogP contribution in [-0.2, 0) is 0 Å². The first-order valence-corrected chi connectivity index (χ1v) is 9.06. The molecule has 0 radical (unpaired) electrons. The minimum Gasteiger partial charge on any atom is -0.433 e. The van der Waals surface area contributed by atoms with Crippen LogP contribution in [0.15, 0.2) is 65.8 Å². The molecule has 27 heavy (non-hydrogen) atoms. The molecule has 0 aliphatic carbocycles. The second kappa shape index (κ2) is 7.28. The summed E-state index contributed by atoms with van der Waals surface area (Å²) in [7, 11) is 0. The van der Waals surface area contributed by atoms with Gasteiger partial charge in [-0.25, -0.2) is 4.98 Å². The number of nitrogens with zero attached hydrogens (tertiary/aromatic N) is 2. The van der Waals surface area contributed by atoms with Gasteiger partial charge in [0.1, 0.15) is 5.75 Å². The molecule has 0 atom stereocenters. The Kier molecular flexibility index (Phi) is 4.68. The number of halogens is 2. The quantitative estimate of drug-likeness (QED) is 0.345. The Balaban J connectivity index is 1.70. The number of benzene rings is 3. The van der Waals surface area contributed by atoms with Crippen LogP contribution < -0.4 is 10.2 Å². The third-order valence-corrected chi connectivity index (χ3v) is 5.03. The molecule has 0 saturated heterocycles. The summed E-state index contributed by atoms with van der Waals surface area (Å²) in [5, 5.41) is 6.40. The summed E-state index contributed by atoms with van der Waals surface area (Å²) >= 11 is 1.47. The van der Waals surface area contributed by atoms with Crippen molar-refractivity contribution in [3.05, 3.63) is 66.2 Å². The fourth-order valence-electron chi connectivity index (χ4n) is 2.86. The Morgan fingerprint density at radius 2 is 1.85 bits per heavy atom. The zero-order valence-corrected chi connectivity index (χ0v) is 15.1. The Morgan fingerprint density at radius 3 is 2.67 bits per heavy atom. The van der Waals surface area contributed by atoms with E-state index in [1.165, 1.54) is 11.3 Å². The lowest BCUT2D eigenvalue weighted by Crippen LogP contribution is -2.08. The zero-order chi connectivity index (χ0) is 18.8. The summed E-state index contributed by atoms with van der Waals surface area (Å²) in [6.07, 6.45) is 0. The van der Waals surface area contributed by atoms with Crippen LogP contribution in [-0.4, -0.2) is 17.3 Å². The van der Waals surface area contributed by atoms with Gasteiger partial charge < -0.3 is 4.74 Å². The molecular formula is C20H15F2N3OS. The summed E-state index contributed by atoms with van der Waals surface area (Å²) in [5.41, 5.74) is 4.82. The SMILES string of the molecule is CC(=NNc1nc2ccccc2s1)c1ccc2ccccc2c1OC(F)F. The van der Waals surface area contributed by atoms with Gasteiger partial charge >= 0.3 is 6.61 Å². The standard InChI is InChI=1S/C20H15F2N3OS/c1-12(24-25-20-23-16-8-4-5-9-17(16)27-20)14-11-10-13-6-2-3-7-15(13)18(14)26-19(21)22/h2-11,19H,1H3,(H,23,25). The summed E-state index contributed by atoms with van der Waals surface area (Å²) in [5.74, 6) is 0.121. The first kappa shape index (κ1) is 17.4. The molecule has 0 unspecified atom stereocenters. The van der Waals surface area contributed by atoms with E-state index >= 15 is 0 Å². The van der Waals surface area contributed by atoms with Crippen LogP contribution >= 0.6 is 11.3 Å². The van der Waals surface area contributed by atoms with Crippen molar-refractivity contribution in [3.8, 4) is 5.75 Å². The molecule has 136 valence electrons. The molecule has 0 fully saturated rings. The molecule has 3 aromatic carbocycles. The van der Waals surface area contributed by atoms with Crippen LogP contribution in [0.5, 0.6) is 5.75 Å². The highest BCUT2D eigenvalue weighted by Gasteiger charge is 2.15. The van der Waals surface area contributed by atoms with Crippen molar-refractivity contribution < 1.29 is 13.5 Å². The topological polar surface area (TPSA) is 46.5 Å². The third kappa shape index (κ3) is 3.59. The van der Waals surface area contributed by atoms with Crippen LogP contribution in [0.2, 0.25) is 0 Å². The maximum Gasteiger partial charge on any atom is 0.387 e. The highest BCUT2D eigenvalue weighted by molar-refractivity contribution is 7.22. The molecule has 0 amide bonds. The van der Waals surface area contributed by atoms with Crippen molar-refractivity contribution >= 4 is 43.2 Å². The van der Waals surface area contributed by atoms with Gasteiger partial charge in [-0.2, -0.15) is 13.9 Å². The first-order chi connectivity index (χ1) is 13.1. The molecule has 1 heterocycles. The summed E-state index contributed by atoms with van der Waals surface area (Å²) in [4.78, 5) is 4.45. The fourth-order valence-corrected chi connectivity index (χ4v) is 3.66. The summed E-state index contributed by atoms with van der Waals surface area (Å²) in [6.45, 7) is -1.18. The van der Waals surface area contributed by atoms with E-state index in [0.29, 0.717) is 21.8 Å². The Morgan fingerprint density at radius 1 is 1.07 bits per heavy atom. The van der Waals surface area contributed by atoms with E-state index in [-0.39, 0.29) is 5.75 Å². The highest BCUT2D eigenvalue weighted by atomic mass is 32.1. The van der Waals surface area contributed by atoms with Crippen molar-refractivity contribution in [3.63, 3.8) is 0 Å². The minimum absolute atomic E-state index is 0.121. The Hall–Kier alpha value is -3.06. The zero-order valence-electron chi connectivity index (χ0n) is 14.3. The predicted molar refractivity (Wildman–Crippen MR) is 106 cm³/mol. The van der Waals surface area contributed by atoms with Gasteiger partial charge in [-0.3, -0.25) is 5.43 Å². The van der Waals surface area contributed by atoms with Crippen LogP contribution in [0.4, 0.5) is 13.9 Å². The number of thiazole rings is 1. The molecule has 0 aliphatic heterocycles. The third-order valence-electron chi connectivity index (χ3n) is 4.09. The van der Waals surface area contributed by atoms with Crippen molar-refractivity contribution in [1.82, 2.24) is 4.98 Å². The molecule has 4 aromatic rings. The van der Waals surface area contributed by atoms with E-state index in [0.717, 1.165) is 15.6 Å². The van der Waals surface area contributed by atoms with E-state index in [2.05, 4.69) is 15.5 Å². The van der Waals surface area contributed by atoms with Gasteiger partial charge in [0.15, 0.2) is 0 Å². The van der Waals surface area contributed by atoms with E-state index in [1.54, 1.807) is 25.1 Å². The number of hydrogen-bond acceptors (Lipinski definition) is 5. The van der Waals surface area contributed by atoms with Crippen LogP contribution in [0.3, 0.4) is 0 Å².